The fraction of sp³-hybridized carbons (Fsp3) is 0.294. The monoisotopic (exact) mass is 305 g/mol. The molecule has 0 radical (unpaired) electrons. The molecule has 20 heavy (non-hydrogen) atoms. The number of aryl methyl sites for hydroxylation is 2. The second kappa shape index (κ2) is 7.16. The molecule has 1 unspecified atom stereocenters. The molecule has 3 heteroatoms. The molecule has 2 aromatic carbocycles. The van der Waals surface area contributed by atoms with E-state index in [-0.39, 0.29) is 6.04 Å². The summed E-state index contributed by atoms with van der Waals surface area (Å²) in [5.74, 6) is 1.89. The fourth-order valence-electron chi connectivity index (χ4n) is 1.98. The minimum atomic E-state index is 0.0894. The molecular formula is C17H20ClNS. The predicted molar refractivity (Wildman–Crippen MR) is 90.5 cm³/mol. The number of hydrogen-bond acceptors (Lipinski definition) is 2. The van der Waals surface area contributed by atoms with Gasteiger partial charge in [0, 0.05) is 22.6 Å². The van der Waals surface area contributed by atoms with Crippen LogP contribution in [-0.4, -0.2) is 5.75 Å². The SMILES string of the molecule is Cc1ccc(C(N)CSCc2ccc(Cl)cc2)cc1C. The fourth-order valence-corrected chi connectivity index (χ4v) is 3.09. The zero-order chi connectivity index (χ0) is 14.5. The molecule has 0 fully saturated rings. The molecule has 0 aromatic heterocycles. The lowest BCUT2D eigenvalue weighted by Gasteiger charge is -2.13. The van der Waals surface area contributed by atoms with Gasteiger partial charge in [-0.15, -0.1) is 0 Å². The average Bonchev–Trinajstić information content (AvgIpc) is 2.44. The first-order chi connectivity index (χ1) is 9.56. The second-order valence-electron chi connectivity index (χ2n) is 5.09. The van der Waals surface area contributed by atoms with Crippen molar-refractivity contribution in [3.63, 3.8) is 0 Å². The summed E-state index contributed by atoms with van der Waals surface area (Å²) in [5.41, 5.74) is 11.4. The third kappa shape index (κ3) is 4.27. The molecule has 1 atom stereocenters. The van der Waals surface area contributed by atoms with Crippen LogP contribution in [0.3, 0.4) is 0 Å². The van der Waals surface area contributed by atoms with E-state index in [0.717, 1.165) is 16.5 Å². The van der Waals surface area contributed by atoms with Crippen molar-refractivity contribution in [3.05, 3.63) is 69.7 Å². The second-order valence-corrected chi connectivity index (χ2v) is 6.56. The van der Waals surface area contributed by atoms with Crippen molar-refractivity contribution in [1.29, 1.82) is 0 Å². The molecule has 2 aromatic rings. The summed E-state index contributed by atoms with van der Waals surface area (Å²) in [6.45, 7) is 4.26. The first-order valence-electron chi connectivity index (χ1n) is 6.71. The Hall–Kier alpha value is -0.960. The Morgan fingerprint density at radius 1 is 1.05 bits per heavy atom. The molecule has 2 rings (SSSR count). The number of hydrogen-bond donors (Lipinski definition) is 1. The van der Waals surface area contributed by atoms with Crippen molar-refractivity contribution >= 4 is 23.4 Å². The zero-order valence-electron chi connectivity index (χ0n) is 11.9. The molecule has 2 N–H and O–H groups in total. The summed E-state index contributed by atoms with van der Waals surface area (Å²) in [7, 11) is 0. The Morgan fingerprint density at radius 3 is 2.40 bits per heavy atom. The quantitative estimate of drug-likeness (QED) is 0.851. The van der Waals surface area contributed by atoms with Gasteiger partial charge in [0.1, 0.15) is 0 Å². The van der Waals surface area contributed by atoms with Crippen LogP contribution in [0, 0.1) is 13.8 Å². The lowest BCUT2D eigenvalue weighted by molar-refractivity contribution is 0.829. The number of benzene rings is 2. The van der Waals surface area contributed by atoms with E-state index in [0.29, 0.717) is 0 Å². The molecule has 0 saturated heterocycles. The molecule has 0 aliphatic heterocycles. The van der Waals surface area contributed by atoms with Crippen LogP contribution in [0.2, 0.25) is 5.02 Å². The highest BCUT2D eigenvalue weighted by Crippen LogP contribution is 2.22. The van der Waals surface area contributed by atoms with Gasteiger partial charge in [0.25, 0.3) is 0 Å². The smallest absolute Gasteiger partial charge is 0.0406 e. The number of thioether (sulfide) groups is 1. The van der Waals surface area contributed by atoms with Crippen molar-refractivity contribution in [3.8, 4) is 0 Å². The lowest BCUT2D eigenvalue weighted by Crippen LogP contribution is -2.13. The first-order valence-corrected chi connectivity index (χ1v) is 8.24. The Labute approximate surface area is 130 Å². The number of rotatable bonds is 5. The van der Waals surface area contributed by atoms with E-state index in [2.05, 4.69) is 44.2 Å². The Balaban J connectivity index is 1.87. The number of nitrogens with two attached hydrogens (primary N) is 1. The van der Waals surface area contributed by atoms with Gasteiger partial charge in [0.05, 0.1) is 0 Å². The summed E-state index contributed by atoms with van der Waals surface area (Å²) in [4.78, 5) is 0. The summed E-state index contributed by atoms with van der Waals surface area (Å²) in [6.07, 6.45) is 0. The van der Waals surface area contributed by atoms with E-state index >= 15 is 0 Å². The molecule has 1 nitrogen and oxygen atoms in total. The zero-order valence-corrected chi connectivity index (χ0v) is 13.5. The first kappa shape index (κ1) is 15.4. The van der Waals surface area contributed by atoms with Crippen LogP contribution in [-0.2, 0) is 5.75 Å². The highest BCUT2D eigenvalue weighted by Gasteiger charge is 2.07. The summed E-state index contributed by atoms with van der Waals surface area (Å²) >= 11 is 7.73. The topological polar surface area (TPSA) is 26.0 Å². The molecule has 0 aliphatic carbocycles. The maximum Gasteiger partial charge on any atom is 0.0406 e. The van der Waals surface area contributed by atoms with Crippen LogP contribution in [0.25, 0.3) is 0 Å². The third-order valence-corrected chi connectivity index (χ3v) is 4.82. The van der Waals surface area contributed by atoms with Gasteiger partial charge in [-0.1, -0.05) is 41.9 Å². The highest BCUT2D eigenvalue weighted by molar-refractivity contribution is 7.98. The van der Waals surface area contributed by atoms with Crippen LogP contribution >= 0.6 is 23.4 Å². The normalized spacial score (nSPS) is 12.4. The van der Waals surface area contributed by atoms with E-state index in [9.17, 15) is 0 Å². The third-order valence-electron chi connectivity index (χ3n) is 3.44. The van der Waals surface area contributed by atoms with E-state index in [1.54, 1.807) is 0 Å². The molecule has 0 heterocycles. The van der Waals surface area contributed by atoms with E-state index in [4.69, 9.17) is 17.3 Å². The van der Waals surface area contributed by atoms with Crippen molar-refractivity contribution < 1.29 is 0 Å². The van der Waals surface area contributed by atoms with Crippen molar-refractivity contribution in [1.82, 2.24) is 0 Å². The maximum absolute atomic E-state index is 6.26. The van der Waals surface area contributed by atoms with E-state index < -0.39 is 0 Å². The molecule has 0 amide bonds. The van der Waals surface area contributed by atoms with Gasteiger partial charge < -0.3 is 5.73 Å². The summed E-state index contributed by atoms with van der Waals surface area (Å²) in [5, 5.41) is 0.783. The minimum Gasteiger partial charge on any atom is -0.323 e. The van der Waals surface area contributed by atoms with Gasteiger partial charge in [0.2, 0.25) is 0 Å². The Bertz CT molecular complexity index is 566. The number of halogens is 1. The molecule has 0 aliphatic rings. The van der Waals surface area contributed by atoms with Crippen LogP contribution in [0.1, 0.15) is 28.3 Å². The van der Waals surface area contributed by atoms with Gasteiger partial charge >= 0.3 is 0 Å². The minimum absolute atomic E-state index is 0.0894. The van der Waals surface area contributed by atoms with Crippen molar-refractivity contribution in [2.24, 2.45) is 5.73 Å². The predicted octanol–water partition coefficient (Wildman–Crippen LogP) is 4.89. The van der Waals surface area contributed by atoms with E-state index in [1.807, 2.05) is 23.9 Å². The molecule has 0 bridgehead atoms. The van der Waals surface area contributed by atoms with Crippen LogP contribution in [0.4, 0.5) is 0 Å². The Kier molecular flexibility index (Phi) is 5.53. The van der Waals surface area contributed by atoms with E-state index in [1.165, 1.54) is 22.3 Å². The van der Waals surface area contributed by atoms with Crippen LogP contribution in [0.15, 0.2) is 42.5 Å². The van der Waals surface area contributed by atoms with Crippen LogP contribution in [0.5, 0.6) is 0 Å². The Morgan fingerprint density at radius 2 is 1.75 bits per heavy atom. The van der Waals surface area contributed by atoms with Gasteiger partial charge in [0.15, 0.2) is 0 Å². The molecular weight excluding hydrogens is 286 g/mol. The van der Waals surface area contributed by atoms with Gasteiger partial charge in [-0.05, 0) is 48.2 Å². The molecule has 0 saturated carbocycles. The maximum atomic E-state index is 6.26. The standard InChI is InChI=1S/C17H20ClNS/c1-12-3-6-15(9-13(12)2)17(19)11-20-10-14-4-7-16(18)8-5-14/h3-9,17H,10-11,19H2,1-2H3. The van der Waals surface area contributed by atoms with Crippen molar-refractivity contribution in [2.75, 3.05) is 5.75 Å². The lowest BCUT2D eigenvalue weighted by atomic mass is 10.0. The van der Waals surface area contributed by atoms with Gasteiger partial charge in [-0.3, -0.25) is 0 Å². The summed E-state index contributed by atoms with van der Waals surface area (Å²) < 4.78 is 0. The van der Waals surface area contributed by atoms with Gasteiger partial charge in [-0.25, -0.2) is 0 Å². The molecule has 106 valence electrons. The largest absolute Gasteiger partial charge is 0.323 e. The summed E-state index contributed by atoms with van der Waals surface area (Å²) in [6, 6.07) is 14.6. The highest BCUT2D eigenvalue weighted by atomic mass is 35.5. The van der Waals surface area contributed by atoms with Gasteiger partial charge in [-0.2, -0.15) is 11.8 Å². The van der Waals surface area contributed by atoms with Crippen LogP contribution < -0.4 is 5.73 Å². The average molecular weight is 306 g/mol. The van der Waals surface area contributed by atoms with Crippen molar-refractivity contribution in [2.45, 2.75) is 25.6 Å². The molecule has 0 spiro atoms.